The molecule has 1 aromatic heterocycles. The fraction of sp³-hybridized carbons (Fsp3) is 0.125. The summed E-state index contributed by atoms with van der Waals surface area (Å²) in [6, 6.07) is 11.4. The minimum atomic E-state index is -0.293. The predicted molar refractivity (Wildman–Crippen MR) is 85.0 cm³/mol. The minimum Gasteiger partial charge on any atom is -0.431 e. The Kier molecular flexibility index (Phi) is 4.02. The maximum Gasteiger partial charge on any atom is 0.279 e. The van der Waals surface area contributed by atoms with Gasteiger partial charge in [0, 0.05) is 12.1 Å². The molecule has 0 spiro atoms. The van der Waals surface area contributed by atoms with Crippen LogP contribution in [0.1, 0.15) is 13.3 Å². The van der Waals surface area contributed by atoms with E-state index in [1.807, 2.05) is 0 Å². The molecule has 22 heavy (non-hydrogen) atoms. The summed E-state index contributed by atoms with van der Waals surface area (Å²) in [5.41, 5.74) is 1.42. The van der Waals surface area contributed by atoms with Crippen LogP contribution in [0.5, 0.6) is 10.9 Å². The third-order valence-electron chi connectivity index (χ3n) is 3.00. The van der Waals surface area contributed by atoms with Crippen LogP contribution in [0.3, 0.4) is 0 Å². The molecule has 0 saturated carbocycles. The van der Waals surface area contributed by atoms with Crippen LogP contribution in [0.25, 0.3) is 10.2 Å². The summed E-state index contributed by atoms with van der Waals surface area (Å²) in [7, 11) is 0. The summed E-state index contributed by atoms with van der Waals surface area (Å²) in [4.78, 5) is 15.6. The number of aromatic nitrogens is 1. The quantitative estimate of drug-likeness (QED) is 0.766. The number of fused-ring (bicyclic) bond motifs is 1. The second-order valence-corrected chi connectivity index (χ2v) is 5.61. The van der Waals surface area contributed by atoms with Crippen molar-refractivity contribution < 1.29 is 13.9 Å². The number of carbonyl (C=O) groups excluding carboxylic acids is 1. The van der Waals surface area contributed by atoms with Gasteiger partial charge >= 0.3 is 0 Å². The molecular formula is C16H13FN2O2S. The number of hydrogen-bond donors (Lipinski definition) is 1. The largest absolute Gasteiger partial charge is 0.431 e. The van der Waals surface area contributed by atoms with Crippen molar-refractivity contribution in [3.63, 3.8) is 0 Å². The van der Waals surface area contributed by atoms with Gasteiger partial charge in [-0.25, -0.2) is 9.37 Å². The molecule has 4 nitrogen and oxygen atoms in total. The number of nitrogens with one attached hydrogen (secondary N) is 1. The average Bonchev–Trinajstić information content (AvgIpc) is 2.90. The van der Waals surface area contributed by atoms with Gasteiger partial charge in [0.15, 0.2) is 0 Å². The fourth-order valence-electron chi connectivity index (χ4n) is 1.88. The van der Waals surface area contributed by atoms with Crippen LogP contribution in [-0.2, 0) is 4.79 Å². The summed E-state index contributed by atoms with van der Waals surface area (Å²) >= 11 is 1.28. The van der Waals surface area contributed by atoms with E-state index in [1.165, 1.54) is 23.5 Å². The number of hydrogen-bond acceptors (Lipinski definition) is 4. The lowest BCUT2D eigenvalue weighted by Crippen LogP contribution is -2.08. The molecule has 3 rings (SSSR count). The Morgan fingerprint density at radius 3 is 2.77 bits per heavy atom. The molecule has 0 aliphatic heterocycles. The Bertz CT molecular complexity index is 815. The Morgan fingerprint density at radius 2 is 2.05 bits per heavy atom. The first-order valence-electron chi connectivity index (χ1n) is 6.78. The van der Waals surface area contributed by atoms with E-state index < -0.39 is 0 Å². The number of nitrogens with zero attached hydrogens (tertiary/aromatic N) is 1. The van der Waals surface area contributed by atoms with Crippen LogP contribution in [0.4, 0.5) is 10.1 Å². The highest BCUT2D eigenvalue weighted by Crippen LogP contribution is 2.32. The van der Waals surface area contributed by atoms with Crippen LogP contribution in [0.15, 0.2) is 42.5 Å². The van der Waals surface area contributed by atoms with Gasteiger partial charge in [-0.2, -0.15) is 0 Å². The zero-order valence-corrected chi connectivity index (χ0v) is 12.6. The van der Waals surface area contributed by atoms with Gasteiger partial charge in [0.05, 0.1) is 10.2 Å². The second kappa shape index (κ2) is 6.11. The van der Waals surface area contributed by atoms with E-state index >= 15 is 0 Å². The van der Waals surface area contributed by atoms with E-state index in [9.17, 15) is 9.18 Å². The summed E-state index contributed by atoms with van der Waals surface area (Å²) in [5.74, 6) is 0.273. The van der Waals surface area contributed by atoms with E-state index in [0.717, 1.165) is 4.70 Å². The molecule has 1 amide bonds. The first kappa shape index (κ1) is 14.5. The molecule has 2 aromatic carbocycles. The number of ether oxygens (including phenoxy) is 1. The molecule has 1 N–H and O–H groups in total. The molecule has 0 bridgehead atoms. The third-order valence-corrected chi connectivity index (χ3v) is 3.89. The highest BCUT2D eigenvalue weighted by atomic mass is 32.1. The van der Waals surface area contributed by atoms with E-state index in [-0.39, 0.29) is 11.7 Å². The number of benzene rings is 2. The average molecular weight is 316 g/mol. The smallest absolute Gasteiger partial charge is 0.279 e. The van der Waals surface area contributed by atoms with Crippen molar-refractivity contribution in [3.05, 3.63) is 48.3 Å². The molecule has 0 saturated heterocycles. The number of rotatable bonds is 4. The molecule has 0 unspecified atom stereocenters. The number of halogens is 1. The summed E-state index contributed by atoms with van der Waals surface area (Å²) < 4.78 is 19.6. The second-order valence-electron chi connectivity index (χ2n) is 4.62. The van der Waals surface area contributed by atoms with E-state index in [4.69, 9.17) is 4.74 Å². The van der Waals surface area contributed by atoms with Crippen molar-refractivity contribution in [2.75, 3.05) is 5.32 Å². The van der Waals surface area contributed by atoms with Crippen LogP contribution in [0.2, 0.25) is 0 Å². The molecule has 3 aromatic rings. The molecular weight excluding hydrogens is 303 g/mol. The third kappa shape index (κ3) is 3.23. The lowest BCUT2D eigenvalue weighted by Gasteiger charge is -2.05. The van der Waals surface area contributed by atoms with Gasteiger partial charge in [0.1, 0.15) is 11.6 Å². The predicted octanol–water partition coefficient (Wildman–Crippen LogP) is 4.58. The van der Waals surface area contributed by atoms with Gasteiger partial charge in [0.2, 0.25) is 5.91 Å². The lowest BCUT2D eigenvalue weighted by atomic mass is 10.3. The van der Waals surface area contributed by atoms with Crippen molar-refractivity contribution >= 4 is 33.1 Å². The first-order valence-corrected chi connectivity index (χ1v) is 7.59. The minimum absolute atomic E-state index is 0.0399. The first-order chi connectivity index (χ1) is 10.6. The normalized spacial score (nSPS) is 10.6. The van der Waals surface area contributed by atoms with Gasteiger partial charge in [-0.15, -0.1) is 0 Å². The molecule has 6 heteroatoms. The Labute approximate surface area is 130 Å². The molecule has 0 fully saturated rings. The number of thiazole rings is 1. The monoisotopic (exact) mass is 316 g/mol. The van der Waals surface area contributed by atoms with Gasteiger partial charge in [-0.3, -0.25) is 4.79 Å². The number of anilines is 1. The number of carbonyl (C=O) groups is 1. The fourth-order valence-corrected chi connectivity index (χ4v) is 2.74. The molecule has 1 heterocycles. The number of amides is 1. The van der Waals surface area contributed by atoms with Crippen molar-refractivity contribution in [2.45, 2.75) is 13.3 Å². The summed E-state index contributed by atoms with van der Waals surface area (Å²) in [5, 5.41) is 3.21. The highest BCUT2D eigenvalue weighted by Gasteiger charge is 2.07. The molecule has 112 valence electrons. The maximum atomic E-state index is 13.2. The topological polar surface area (TPSA) is 51.2 Å². The Morgan fingerprint density at radius 1 is 1.27 bits per heavy atom. The SMILES string of the molecule is CCC(=O)Nc1ccc(Oc2nc3ccc(F)cc3s2)cc1. The van der Waals surface area contributed by atoms with Crippen molar-refractivity contribution in [1.29, 1.82) is 0 Å². The summed E-state index contributed by atoms with van der Waals surface area (Å²) in [6.07, 6.45) is 0.431. The van der Waals surface area contributed by atoms with Gasteiger partial charge in [0.25, 0.3) is 5.19 Å². The van der Waals surface area contributed by atoms with E-state index in [2.05, 4.69) is 10.3 Å². The molecule has 0 aliphatic carbocycles. The van der Waals surface area contributed by atoms with Crippen LogP contribution >= 0.6 is 11.3 Å². The molecule has 0 radical (unpaired) electrons. The lowest BCUT2D eigenvalue weighted by molar-refractivity contribution is -0.115. The zero-order valence-electron chi connectivity index (χ0n) is 11.8. The summed E-state index contributed by atoms with van der Waals surface area (Å²) in [6.45, 7) is 1.79. The zero-order chi connectivity index (χ0) is 15.5. The van der Waals surface area contributed by atoms with Crippen LogP contribution < -0.4 is 10.1 Å². The van der Waals surface area contributed by atoms with Crippen LogP contribution in [0, 0.1) is 5.82 Å². The standard InChI is InChI=1S/C16H13FN2O2S/c1-2-15(20)18-11-4-6-12(7-5-11)21-16-19-13-8-3-10(17)9-14(13)22-16/h3-9H,2H2,1H3,(H,18,20). The van der Waals surface area contributed by atoms with Crippen molar-refractivity contribution in [3.8, 4) is 10.9 Å². The van der Waals surface area contributed by atoms with Gasteiger partial charge < -0.3 is 10.1 Å². The highest BCUT2D eigenvalue weighted by molar-refractivity contribution is 7.20. The molecule has 0 aliphatic rings. The Hall–Kier alpha value is -2.47. The Balaban J connectivity index is 1.75. The van der Waals surface area contributed by atoms with E-state index in [1.54, 1.807) is 37.3 Å². The van der Waals surface area contributed by atoms with E-state index in [0.29, 0.717) is 28.6 Å². The molecule has 0 atom stereocenters. The van der Waals surface area contributed by atoms with Gasteiger partial charge in [-0.1, -0.05) is 18.3 Å². The van der Waals surface area contributed by atoms with Gasteiger partial charge in [-0.05, 0) is 42.5 Å². The van der Waals surface area contributed by atoms with Crippen molar-refractivity contribution in [1.82, 2.24) is 4.98 Å². The maximum absolute atomic E-state index is 13.2. The van der Waals surface area contributed by atoms with Crippen LogP contribution in [-0.4, -0.2) is 10.9 Å². The van der Waals surface area contributed by atoms with Crippen molar-refractivity contribution in [2.24, 2.45) is 0 Å².